The van der Waals surface area contributed by atoms with E-state index in [1.165, 1.54) is 11.8 Å². The van der Waals surface area contributed by atoms with E-state index in [1.807, 2.05) is 29.6 Å². The predicted molar refractivity (Wildman–Crippen MR) is 142 cm³/mol. The van der Waals surface area contributed by atoms with Gasteiger partial charge >= 0.3 is 11.9 Å². The van der Waals surface area contributed by atoms with E-state index in [9.17, 15) is 39.0 Å². The lowest BCUT2D eigenvalue weighted by Gasteiger charge is -2.24. The molecule has 0 fully saturated rings. The third kappa shape index (κ3) is 9.61. The van der Waals surface area contributed by atoms with Gasteiger partial charge in [-0.3, -0.25) is 24.0 Å². The third-order valence-corrected chi connectivity index (χ3v) is 6.37. The second-order valence-corrected chi connectivity index (χ2v) is 9.73. The Kier molecular flexibility index (Phi) is 11.7. The topological polar surface area (TPSA) is 247 Å². The summed E-state index contributed by atoms with van der Waals surface area (Å²) >= 11 is 1.39. The average Bonchev–Trinajstić information content (AvgIpc) is 3.27. The fraction of sp³-hybridized carbons (Fsp3) is 0.417. The first-order valence-corrected chi connectivity index (χ1v) is 13.3. The summed E-state index contributed by atoms with van der Waals surface area (Å²) in [7, 11) is 0. The van der Waals surface area contributed by atoms with Gasteiger partial charge in [-0.2, -0.15) is 11.8 Å². The number of amides is 4. The second kappa shape index (κ2) is 14.7. The highest BCUT2D eigenvalue weighted by molar-refractivity contribution is 7.98. The number of carboxylic acids is 2. The van der Waals surface area contributed by atoms with Gasteiger partial charge in [0.15, 0.2) is 0 Å². The first-order chi connectivity index (χ1) is 18.4. The Labute approximate surface area is 227 Å². The van der Waals surface area contributed by atoms with Gasteiger partial charge in [0.1, 0.15) is 18.1 Å². The molecule has 15 heteroatoms. The zero-order valence-corrected chi connectivity index (χ0v) is 22.0. The molecule has 0 spiro atoms. The van der Waals surface area contributed by atoms with Crippen LogP contribution in [0.4, 0.5) is 0 Å². The normalized spacial score (nSPS) is 14.0. The lowest BCUT2D eigenvalue weighted by molar-refractivity contribution is -0.144. The first-order valence-electron chi connectivity index (χ1n) is 11.9. The predicted octanol–water partition coefficient (Wildman–Crippen LogP) is -1.32. The number of nitrogens with one attached hydrogen (secondary N) is 4. The van der Waals surface area contributed by atoms with Crippen LogP contribution in [0.2, 0.25) is 0 Å². The van der Waals surface area contributed by atoms with Gasteiger partial charge in [-0.05, 0) is 36.5 Å². The lowest BCUT2D eigenvalue weighted by atomic mass is 10.0. The van der Waals surface area contributed by atoms with Crippen LogP contribution >= 0.6 is 11.8 Å². The van der Waals surface area contributed by atoms with Gasteiger partial charge in [-0.1, -0.05) is 18.2 Å². The van der Waals surface area contributed by atoms with Gasteiger partial charge in [0.05, 0.1) is 18.9 Å². The number of benzene rings is 1. The van der Waals surface area contributed by atoms with Crippen molar-refractivity contribution in [1.29, 1.82) is 0 Å². The fourth-order valence-corrected chi connectivity index (χ4v) is 4.21. The van der Waals surface area contributed by atoms with Gasteiger partial charge in [-0.15, -0.1) is 0 Å². The number of H-pyrrole nitrogens is 1. The molecular formula is C24H32N6O8S. The van der Waals surface area contributed by atoms with Crippen LogP contribution in [0.1, 0.15) is 24.8 Å². The van der Waals surface area contributed by atoms with E-state index in [0.717, 1.165) is 16.5 Å². The second-order valence-electron chi connectivity index (χ2n) is 8.74. The van der Waals surface area contributed by atoms with Crippen molar-refractivity contribution >= 4 is 58.2 Å². The molecule has 0 bridgehead atoms. The molecule has 4 amide bonds. The fourth-order valence-electron chi connectivity index (χ4n) is 3.74. The zero-order valence-electron chi connectivity index (χ0n) is 21.1. The summed E-state index contributed by atoms with van der Waals surface area (Å²) < 4.78 is 0. The van der Waals surface area contributed by atoms with Crippen molar-refractivity contribution in [1.82, 2.24) is 20.9 Å². The Hall–Kier alpha value is -4.11. The Bertz CT molecular complexity index is 1220. The molecule has 0 saturated heterocycles. The standard InChI is InChI=1S/C24H32N6O8S/c1-39-7-6-16(28-21(34)14(25)8-12-11-27-15-5-3-2-4-13(12)15)22(35)29-17(10-20(32)33)23(36)30-18(24(37)38)9-19(26)31/h2-5,11,14,16-18,27H,6-10,25H2,1H3,(H2,26,31)(H,28,34)(H,29,35)(H,30,36)(H,32,33)(H,37,38). The van der Waals surface area contributed by atoms with Crippen molar-refractivity contribution in [3.63, 3.8) is 0 Å². The Morgan fingerprint density at radius 1 is 0.923 bits per heavy atom. The van der Waals surface area contributed by atoms with Crippen LogP contribution in [0.25, 0.3) is 10.9 Å². The minimum absolute atomic E-state index is 0.138. The third-order valence-electron chi connectivity index (χ3n) is 5.73. The number of carbonyl (C=O) groups excluding carboxylic acids is 4. The van der Waals surface area contributed by atoms with Gasteiger partial charge < -0.3 is 42.6 Å². The monoisotopic (exact) mass is 564 g/mol. The number of aliphatic carboxylic acids is 2. The summed E-state index contributed by atoms with van der Waals surface area (Å²) in [6.45, 7) is 0. The molecule has 1 aromatic carbocycles. The van der Waals surface area contributed by atoms with Crippen LogP contribution in [0.3, 0.4) is 0 Å². The molecule has 10 N–H and O–H groups in total. The number of fused-ring (bicyclic) bond motifs is 1. The van der Waals surface area contributed by atoms with Crippen molar-refractivity contribution in [3.8, 4) is 0 Å². The molecule has 2 rings (SSSR count). The number of carbonyl (C=O) groups is 6. The highest BCUT2D eigenvalue weighted by Gasteiger charge is 2.32. The Morgan fingerprint density at radius 2 is 1.54 bits per heavy atom. The molecule has 39 heavy (non-hydrogen) atoms. The maximum atomic E-state index is 13.0. The van der Waals surface area contributed by atoms with E-state index >= 15 is 0 Å². The van der Waals surface area contributed by atoms with Gasteiger partial charge in [-0.25, -0.2) is 4.79 Å². The molecule has 1 heterocycles. The Morgan fingerprint density at radius 3 is 2.15 bits per heavy atom. The number of carboxylic acid groups (broad SMARTS) is 2. The molecule has 0 aliphatic rings. The minimum atomic E-state index is -1.72. The van der Waals surface area contributed by atoms with Crippen LogP contribution < -0.4 is 27.4 Å². The maximum Gasteiger partial charge on any atom is 0.326 e. The van der Waals surface area contributed by atoms with Crippen molar-refractivity contribution < 1.29 is 39.0 Å². The smallest absolute Gasteiger partial charge is 0.326 e. The van der Waals surface area contributed by atoms with Crippen LogP contribution in [0.15, 0.2) is 30.5 Å². The first kappa shape index (κ1) is 31.1. The molecule has 2 aromatic rings. The number of thioether (sulfide) groups is 1. The quantitative estimate of drug-likeness (QED) is 0.119. The van der Waals surface area contributed by atoms with E-state index in [1.54, 1.807) is 12.5 Å². The number of para-hydroxylation sites is 1. The van der Waals surface area contributed by atoms with Crippen LogP contribution in [-0.2, 0) is 35.2 Å². The Balaban J connectivity index is 2.13. The van der Waals surface area contributed by atoms with Crippen LogP contribution in [0.5, 0.6) is 0 Å². The summed E-state index contributed by atoms with van der Waals surface area (Å²) in [5.74, 6) is -6.24. The van der Waals surface area contributed by atoms with Crippen LogP contribution in [0, 0.1) is 0 Å². The highest BCUT2D eigenvalue weighted by Crippen LogP contribution is 2.19. The number of primary amides is 1. The SMILES string of the molecule is CSCCC(NC(=O)C(N)Cc1c[nH]c2ccccc12)C(=O)NC(CC(=O)O)C(=O)NC(CC(N)=O)C(=O)O. The van der Waals surface area contributed by atoms with Crippen molar-refractivity contribution in [2.24, 2.45) is 11.5 Å². The lowest BCUT2D eigenvalue weighted by Crippen LogP contribution is -2.58. The van der Waals surface area contributed by atoms with E-state index in [4.69, 9.17) is 11.5 Å². The van der Waals surface area contributed by atoms with Crippen molar-refractivity contribution in [2.75, 3.05) is 12.0 Å². The number of aromatic amines is 1. The largest absolute Gasteiger partial charge is 0.481 e. The molecule has 1 aromatic heterocycles. The number of hydrogen-bond donors (Lipinski definition) is 8. The van der Waals surface area contributed by atoms with E-state index in [2.05, 4.69) is 15.6 Å². The number of rotatable bonds is 16. The van der Waals surface area contributed by atoms with Crippen molar-refractivity contribution in [2.45, 2.75) is 49.9 Å². The molecule has 4 unspecified atom stereocenters. The van der Waals surface area contributed by atoms with Gasteiger partial charge in [0.2, 0.25) is 23.6 Å². The summed E-state index contributed by atoms with van der Waals surface area (Å²) in [5, 5.41) is 26.2. The van der Waals surface area contributed by atoms with Gasteiger partial charge in [0, 0.05) is 17.1 Å². The van der Waals surface area contributed by atoms with E-state index in [-0.39, 0.29) is 12.8 Å². The van der Waals surface area contributed by atoms with Crippen molar-refractivity contribution in [3.05, 3.63) is 36.0 Å². The molecule has 14 nitrogen and oxygen atoms in total. The number of aromatic nitrogens is 1. The summed E-state index contributed by atoms with van der Waals surface area (Å²) in [4.78, 5) is 75.5. The molecule has 212 valence electrons. The molecule has 0 saturated carbocycles. The molecular weight excluding hydrogens is 532 g/mol. The average molecular weight is 565 g/mol. The minimum Gasteiger partial charge on any atom is -0.481 e. The van der Waals surface area contributed by atoms with Gasteiger partial charge in [0.25, 0.3) is 0 Å². The van der Waals surface area contributed by atoms with Crippen LogP contribution in [-0.4, -0.2) is 86.9 Å². The number of hydrogen-bond acceptors (Lipinski definition) is 8. The summed E-state index contributed by atoms with van der Waals surface area (Å²) in [6, 6.07) is 1.87. The molecule has 0 aliphatic carbocycles. The highest BCUT2D eigenvalue weighted by atomic mass is 32.2. The summed E-state index contributed by atoms with van der Waals surface area (Å²) in [6.07, 6.45) is 2.21. The summed E-state index contributed by atoms with van der Waals surface area (Å²) in [5.41, 5.74) is 12.8. The molecule has 4 atom stereocenters. The molecule has 0 radical (unpaired) electrons. The van der Waals surface area contributed by atoms with E-state index in [0.29, 0.717) is 5.75 Å². The number of nitrogens with two attached hydrogens (primary N) is 2. The molecule has 0 aliphatic heterocycles. The zero-order chi connectivity index (χ0) is 29.1. The maximum absolute atomic E-state index is 13.0. The van der Waals surface area contributed by atoms with E-state index < -0.39 is 72.6 Å².